The topological polar surface area (TPSA) is 50.4 Å². The van der Waals surface area contributed by atoms with Crippen LogP contribution in [0.5, 0.6) is 0 Å². The first-order chi connectivity index (χ1) is 7.22. The van der Waals surface area contributed by atoms with Crippen molar-refractivity contribution < 1.29 is 4.39 Å². The quantitative estimate of drug-likeness (QED) is 0.585. The number of benzene rings is 1. The van der Waals surface area contributed by atoms with Crippen molar-refractivity contribution in [3.8, 4) is 0 Å². The van der Waals surface area contributed by atoms with E-state index in [9.17, 15) is 4.39 Å². The van der Waals surface area contributed by atoms with E-state index in [1.165, 1.54) is 12.1 Å². The zero-order valence-corrected chi connectivity index (χ0v) is 8.83. The van der Waals surface area contributed by atoms with Crippen LogP contribution in [-0.2, 0) is 6.54 Å². The molecule has 0 spiro atoms. The molecule has 0 atom stereocenters. The van der Waals surface area contributed by atoms with Crippen molar-refractivity contribution in [1.29, 1.82) is 0 Å². The van der Waals surface area contributed by atoms with Crippen molar-refractivity contribution in [2.24, 2.45) is 10.7 Å². The number of nitrogens with two attached hydrogens (primary N) is 1. The van der Waals surface area contributed by atoms with Gasteiger partial charge in [0.25, 0.3) is 0 Å². The van der Waals surface area contributed by atoms with Gasteiger partial charge in [-0.15, -0.1) is 0 Å². The Kier molecular flexibility index (Phi) is 4.60. The zero-order valence-electron chi connectivity index (χ0n) is 8.83. The Morgan fingerprint density at radius 1 is 1.40 bits per heavy atom. The summed E-state index contributed by atoms with van der Waals surface area (Å²) in [7, 11) is 0. The molecule has 0 fully saturated rings. The SMILES string of the molecule is CCCNC(N)=NCc1ccc(F)cc1. The fourth-order valence-corrected chi connectivity index (χ4v) is 1.08. The molecule has 0 amide bonds. The molecule has 3 nitrogen and oxygen atoms in total. The van der Waals surface area contributed by atoms with E-state index in [0.29, 0.717) is 12.5 Å². The third-order valence-electron chi connectivity index (χ3n) is 1.90. The van der Waals surface area contributed by atoms with Crippen LogP contribution in [0.2, 0.25) is 0 Å². The highest BCUT2D eigenvalue weighted by Crippen LogP contribution is 2.03. The molecule has 4 heteroatoms. The van der Waals surface area contributed by atoms with Crippen molar-refractivity contribution in [3.63, 3.8) is 0 Å². The van der Waals surface area contributed by atoms with Gasteiger partial charge in [-0.1, -0.05) is 19.1 Å². The van der Waals surface area contributed by atoms with Crippen LogP contribution in [0, 0.1) is 5.82 Å². The maximum atomic E-state index is 12.6. The molecule has 0 bridgehead atoms. The lowest BCUT2D eigenvalue weighted by atomic mass is 10.2. The summed E-state index contributed by atoms with van der Waals surface area (Å²) < 4.78 is 12.6. The van der Waals surface area contributed by atoms with Crippen LogP contribution in [0.1, 0.15) is 18.9 Å². The highest BCUT2D eigenvalue weighted by Gasteiger charge is 1.93. The molecule has 0 radical (unpaired) electrons. The summed E-state index contributed by atoms with van der Waals surface area (Å²) in [5.41, 5.74) is 6.54. The summed E-state index contributed by atoms with van der Waals surface area (Å²) in [5.74, 6) is 0.195. The molecule has 0 aliphatic heterocycles. The summed E-state index contributed by atoms with van der Waals surface area (Å²) >= 11 is 0. The molecule has 0 unspecified atom stereocenters. The number of rotatable bonds is 4. The average Bonchev–Trinajstić information content (AvgIpc) is 2.25. The maximum absolute atomic E-state index is 12.6. The molecule has 15 heavy (non-hydrogen) atoms. The average molecular weight is 209 g/mol. The number of halogens is 1. The summed E-state index contributed by atoms with van der Waals surface area (Å²) in [6.45, 7) is 3.35. The van der Waals surface area contributed by atoms with Crippen LogP contribution in [0.4, 0.5) is 4.39 Å². The van der Waals surface area contributed by atoms with Gasteiger partial charge in [0.15, 0.2) is 5.96 Å². The van der Waals surface area contributed by atoms with Crippen molar-refractivity contribution in [1.82, 2.24) is 5.32 Å². The first kappa shape index (κ1) is 11.5. The van der Waals surface area contributed by atoms with Gasteiger partial charge in [0.2, 0.25) is 0 Å². The molecule has 0 heterocycles. The minimum atomic E-state index is -0.236. The monoisotopic (exact) mass is 209 g/mol. The van der Waals surface area contributed by atoms with Gasteiger partial charge < -0.3 is 11.1 Å². The number of guanidine groups is 1. The van der Waals surface area contributed by atoms with Crippen molar-refractivity contribution in [3.05, 3.63) is 35.6 Å². The van der Waals surface area contributed by atoms with Gasteiger partial charge in [-0.2, -0.15) is 0 Å². The van der Waals surface area contributed by atoms with Gasteiger partial charge in [0, 0.05) is 6.54 Å². The van der Waals surface area contributed by atoms with E-state index < -0.39 is 0 Å². The van der Waals surface area contributed by atoms with Gasteiger partial charge in [-0.05, 0) is 24.1 Å². The predicted molar refractivity (Wildman–Crippen MR) is 60.0 cm³/mol. The summed E-state index contributed by atoms with van der Waals surface area (Å²) in [6, 6.07) is 6.24. The molecule has 82 valence electrons. The van der Waals surface area contributed by atoms with E-state index in [1.54, 1.807) is 12.1 Å². The van der Waals surface area contributed by atoms with Crippen molar-refractivity contribution in [2.45, 2.75) is 19.9 Å². The van der Waals surface area contributed by atoms with Crippen LogP contribution in [0.3, 0.4) is 0 Å². The molecule has 3 N–H and O–H groups in total. The highest BCUT2D eigenvalue weighted by atomic mass is 19.1. The van der Waals surface area contributed by atoms with Crippen molar-refractivity contribution >= 4 is 5.96 Å². The fourth-order valence-electron chi connectivity index (χ4n) is 1.08. The fraction of sp³-hybridized carbons (Fsp3) is 0.364. The Balaban J connectivity index is 2.45. The van der Waals surface area contributed by atoms with Crippen LogP contribution in [-0.4, -0.2) is 12.5 Å². The summed E-state index contributed by atoms with van der Waals surface area (Å²) in [4.78, 5) is 4.12. The van der Waals surface area contributed by atoms with Crippen LogP contribution in [0.15, 0.2) is 29.3 Å². The van der Waals surface area contributed by atoms with Crippen LogP contribution < -0.4 is 11.1 Å². The third kappa shape index (κ3) is 4.44. The number of nitrogens with zero attached hydrogens (tertiary/aromatic N) is 1. The second-order valence-electron chi connectivity index (χ2n) is 3.25. The van der Waals surface area contributed by atoms with Crippen LogP contribution in [0.25, 0.3) is 0 Å². The Morgan fingerprint density at radius 3 is 2.67 bits per heavy atom. The molecule has 0 saturated heterocycles. The second kappa shape index (κ2) is 6.01. The van der Waals surface area contributed by atoms with Gasteiger partial charge in [0.05, 0.1) is 6.54 Å². The largest absolute Gasteiger partial charge is 0.370 e. The van der Waals surface area contributed by atoms with E-state index in [-0.39, 0.29) is 5.82 Å². The van der Waals surface area contributed by atoms with Crippen molar-refractivity contribution in [2.75, 3.05) is 6.54 Å². The molecular formula is C11H16FN3. The molecule has 0 saturated carbocycles. The Morgan fingerprint density at radius 2 is 2.07 bits per heavy atom. The van der Waals surface area contributed by atoms with E-state index >= 15 is 0 Å². The molecule has 0 aliphatic carbocycles. The Bertz CT molecular complexity index is 319. The predicted octanol–water partition coefficient (Wildman–Crippen LogP) is 1.64. The Labute approximate surface area is 89.2 Å². The first-order valence-electron chi connectivity index (χ1n) is 5.00. The lowest BCUT2D eigenvalue weighted by Crippen LogP contribution is -2.32. The lowest BCUT2D eigenvalue weighted by molar-refractivity contribution is 0.627. The lowest BCUT2D eigenvalue weighted by Gasteiger charge is -2.03. The molecular weight excluding hydrogens is 193 g/mol. The maximum Gasteiger partial charge on any atom is 0.188 e. The van der Waals surface area contributed by atoms with Gasteiger partial charge in [0.1, 0.15) is 5.82 Å². The molecule has 1 aromatic rings. The molecule has 0 aromatic heterocycles. The summed E-state index contributed by atoms with van der Waals surface area (Å²) in [5, 5.41) is 2.97. The zero-order chi connectivity index (χ0) is 11.1. The normalized spacial score (nSPS) is 11.5. The standard InChI is InChI=1S/C11H16FN3/c1-2-7-14-11(13)15-8-9-3-5-10(12)6-4-9/h3-6H,2,7-8H2,1H3,(H3,13,14,15). The van der Waals surface area contributed by atoms with E-state index in [1.807, 2.05) is 0 Å². The third-order valence-corrected chi connectivity index (χ3v) is 1.90. The number of nitrogens with one attached hydrogen (secondary N) is 1. The first-order valence-corrected chi connectivity index (χ1v) is 5.00. The van der Waals surface area contributed by atoms with Gasteiger partial charge >= 0.3 is 0 Å². The Hall–Kier alpha value is -1.58. The number of hydrogen-bond acceptors (Lipinski definition) is 1. The molecule has 1 rings (SSSR count). The van der Waals surface area contributed by atoms with E-state index in [0.717, 1.165) is 18.5 Å². The summed E-state index contributed by atoms with van der Waals surface area (Å²) in [6.07, 6.45) is 1.01. The molecule has 1 aromatic carbocycles. The van der Waals surface area contributed by atoms with Gasteiger partial charge in [-0.25, -0.2) is 9.38 Å². The van der Waals surface area contributed by atoms with Gasteiger partial charge in [-0.3, -0.25) is 0 Å². The minimum Gasteiger partial charge on any atom is -0.370 e. The molecule has 0 aliphatic rings. The van der Waals surface area contributed by atoms with E-state index in [2.05, 4.69) is 17.2 Å². The minimum absolute atomic E-state index is 0.236. The number of aliphatic imine (C=N–C) groups is 1. The number of hydrogen-bond donors (Lipinski definition) is 2. The van der Waals surface area contributed by atoms with Crippen LogP contribution >= 0.6 is 0 Å². The second-order valence-corrected chi connectivity index (χ2v) is 3.25. The highest BCUT2D eigenvalue weighted by molar-refractivity contribution is 5.77. The van der Waals surface area contributed by atoms with E-state index in [4.69, 9.17) is 5.73 Å². The smallest absolute Gasteiger partial charge is 0.188 e.